The fourth-order valence-corrected chi connectivity index (χ4v) is 1.09. The highest BCUT2D eigenvalue weighted by atomic mass is 19.1. The van der Waals surface area contributed by atoms with Crippen LogP contribution in [-0.2, 0) is 6.42 Å². The maximum Gasteiger partial charge on any atom is 0.129 e. The molecule has 1 aromatic rings. The van der Waals surface area contributed by atoms with Crippen LogP contribution in [0.1, 0.15) is 12.0 Å². The summed E-state index contributed by atoms with van der Waals surface area (Å²) in [7, 11) is 0. The average Bonchev–Trinajstić information content (AvgIpc) is 2.10. The Morgan fingerprint density at radius 1 is 1.31 bits per heavy atom. The van der Waals surface area contributed by atoms with Crippen molar-refractivity contribution in [3.05, 3.63) is 53.8 Å². The third-order valence-corrected chi connectivity index (χ3v) is 1.74. The number of rotatable bonds is 3. The first kappa shape index (κ1) is 9.69. The van der Waals surface area contributed by atoms with Gasteiger partial charge in [0, 0.05) is 5.56 Å². The monoisotopic (exact) mass is 180 g/mol. The van der Waals surface area contributed by atoms with Crippen molar-refractivity contribution in [2.75, 3.05) is 0 Å². The van der Waals surface area contributed by atoms with Gasteiger partial charge in [-0.2, -0.15) is 0 Å². The molecule has 0 nitrogen and oxygen atoms in total. The van der Waals surface area contributed by atoms with E-state index < -0.39 is 11.6 Å². The van der Waals surface area contributed by atoms with E-state index in [4.69, 9.17) is 0 Å². The molecule has 0 unspecified atom stereocenters. The SMILES string of the molecule is C=C=CCCc1c(F)cccc1F. The quantitative estimate of drug-likeness (QED) is 0.626. The molecule has 13 heavy (non-hydrogen) atoms. The average molecular weight is 180 g/mol. The van der Waals surface area contributed by atoms with Crippen LogP contribution in [0.3, 0.4) is 0 Å². The van der Waals surface area contributed by atoms with E-state index in [2.05, 4.69) is 12.3 Å². The predicted octanol–water partition coefficient (Wildman–Crippen LogP) is 3.24. The highest BCUT2D eigenvalue weighted by Crippen LogP contribution is 2.13. The van der Waals surface area contributed by atoms with Gasteiger partial charge in [0.15, 0.2) is 0 Å². The molecule has 68 valence electrons. The molecule has 0 fully saturated rings. The molecule has 0 aliphatic carbocycles. The van der Waals surface area contributed by atoms with Crippen LogP contribution in [0.4, 0.5) is 8.78 Å². The van der Waals surface area contributed by atoms with Gasteiger partial charge >= 0.3 is 0 Å². The molecule has 0 spiro atoms. The van der Waals surface area contributed by atoms with Gasteiger partial charge in [0.2, 0.25) is 0 Å². The zero-order chi connectivity index (χ0) is 9.68. The third-order valence-electron chi connectivity index (χ3n) is 1.74. The van der Waals surface area contributed by atoms with Gasteiger partial charge in [-0.05, 0) is 31.1 Å². The van der Waals surface area contributed by atoms with Gasteiger partial charge in [-0.1, -0.05) is 12.6 Å². The van der Waals surface area contributed by atoms with Crippen LogP contribution in [0.15, 0.2) is 36.6 Å². The zero-order valence-electron chi connectivity index (χ0n) is 7.19. The molecular formula is C11H10F2. The normalized spacial score (nSPS) is 9.38. The molecule has 0 aromatic heterocycles. The lowest BCUT2D eigenvalue weighted by Gasteiger charge is -2.01. The van der Waals surface area contributed by atoms with E-state index in [-0.39, 0.29) is 5.56 Å². The van der Waals surface area contributed by atoms with E-state index in [1.165, 1.54) is 18.2 Å². The minimum Gasteiger partial charge on any atom is -0.207 e. The summed E-state index contributed by atoms with van der Waals surface area (Å²) in [6, 6.07) is 3.88. The molecule has 0 N–H and O–H groups in total. The van der Waals surface area contributed by atoms with Gasteiger partial charge in [0.05, 0.1) is 0 Å². The van der Waals surface area contributed by atoms with Gasteiger partial charge in [-0.15, -0.1) is 5.73 Å². The highest BCUT2D eigenvalue weighted by Gasteiger charge is 2.05. The molecule has 0 saturated carbocycles. The fraction of sp³-hybridized carbons (Fsp3) is 0.182. The third kappa shape index (κ3) is 2.53. The smallest absolute Gasteiger partial charge is 0.129 e. The van der Waals surface area contributed by atoms with E-state index in [9.17, 15) is 8.78 Å². The Morgan fingerprint density at radius 2 is 1.92 bits per heavy atom. The summed E-state index contributed by atoms with van der Waals surface area (Å²) in [5.41, 5.74) is 2.69. The van der Waals surface area contributed by atoms with Crippen LogP contribution in [-0.4, -0.2) is 0 Å². The lowest BCUT2D eigenvalue weighted by Crippen LogP contribution is -1.94. The van der Waals surface area contributed by atoms with Crippen molar-refractivity contribution in [2.24, 2.45) is 0 Å². The molecule has 0 amide bonds. The Morgan fingerprint density at radius 3 is 2.46 bits per heavy atom. The van der Waals surface area contributed by atoms with Gasteiger partial charge in [0.1, 0.15) is 11.6 Å². The predicted molar refractivity (Wildman–Crippen MR) is 48.4 cm³/mol. The van der Waals surface area contributed by atoms with Gasteiger partial charge in [0.25, 0.3) is 0 Å². The molecule has 0 aliphatic rings. The Bertz CT molecular complexity index is 316. The Hall–Kier alpha value is -1.40. The topological polar surface area (TPSA) is 0 Å². The Kier molecular flexibility index (Phi) is 3.41. The minimum atomic E-state index is -0.488. The number of hydrogen-bond donors (Lipinski definition) is 0. The molecule has 0 bridgehead atoms. The maximum atomic E-state index is 13.0. The largest absolute Gasteiger partial charge is 0.207 e. The second-order valence-corrected chi connectivity index (χ2v) is 2.65. The standard InChI is InChI=1S/C11H10F2/c1-2-3-4-6-9-10(12)7-5-8-11(9)13/h3,5,7-8H,1,4,6H2. The van der Waals surface area contributed by atoms with Crippen molar-refractivity contribution < 1.29 is 8.78 Å². The maximum absolute atomic E-state index is 13.0. The summed E-state index contributed by atoms with van der Waals surface area (Å²) in [5.74, 6) is -0.977. The second-order valence-electron chi connectivity index (χ2n) is 2.65. The molecule has 0 saturated heterocycles. The summed E-state index contributed by atoms with van der Waals surface area (Å²) in [6.07, 6.45) is 2.56. The van der Waals surface area contributed by atoms with Crippen LogP contribution in [0, 0.1) is 11.6 Å². The van der Waals surface area contributed by atoms with Crippen LogP contribution in [0.5, 0.6) is 0 Å². The molecular weight excluding hydrogens is 170 g/mol. The summed E-state index contributed by atoms with van der Waals surface area (Å²) in [6.45, 7) is 3.37. The van der Waals surface area contributed by atoms with Gasteiger partial charge < -0.3 is 0 Å². The summed E-state index contributed by atoms with van der Waals surface area (Å²) in [5, 5.41) is 0. The zero-order valence-corrected chi connectivity index (χ0v) is 7.19. The molecule has 0 heterocycles. The summed E-state index contributed by atoms with van der Waals surface area (Å²) >= 11 is 0. The Labute approximate surface area is 76.2 Å². The second kappa shape index (κ2) is 4.58. The van der Waals surface area contributed by atoms with Crippen molar-refractivity contribution in [3.8, 4) is 0 Å². The number of halogens is 2. The molecule has 0 radical (unpaired) electrons. The van der Waals surface area contributed by atoms with Gasteiger partial charge in [-0.3, -0.25) is 0 Å². The number of benzene rings is 1. The van der Waals surface area contributed by atoms with E-state index >= 15 is 0 Å². The molecule has 2 heteroatoms. The van der Waals surface area contributed by atoms with E-state index in [0.717, 1.165) is 0 Å². The van der Waals surface area contributed by atoms with E-state index in [1.807, 2.05) is 0 Å². The number of hydrogen-bond acceptors (Lipinski definition) is 0. The van der Waals surface area contributed by atoms with Crippen LogP contribution < -0.4 is 0 Å². The molecule has 0 aliphatic heterocycles. The first-order chi connectivity index (χ1) is 6.25. The number of allylic oxidation sites excluding steroid dienone is 1. The molecule has 0 atom stereocenters. The molecule has 1 rings (SSSR count). The van der Waals surface area contributed by atoms with Crippen LogP contribution >= 0.6 is 0 Å². The highest BCUT2D eigenvalue weighted by molar-refractivity contribution is 5.20. The van der Waals surface area contributed by atoms with Crippen molar-refractivity contribution in [2.45, 2.75) is 12.8 Å². The van der Waals surface area contributed by atoms with Crippen molar-refractivity contribution >= 4 is 0 Å². The molecule has 1 aromatic carbocycles. The van der Waals surface area contributed by atoms with E-state index in [1.54, 1.807) is 6.08 Å². The van der Waals surface area contributed by atoms with Crippen molar-refractivity contribution in [1.82, 2.24) is 0 Å². The summed E-state index contributed by atoms with van der Waals surface area (Å²) < 4.78 is 26.0. The lowest BCUT2D eigenvalue weighted by atomic mass is 10.1. The van der Waals surface area contributed by atoms with E-state index in [0.29, 0.717) is 12.8 Å². The first-order valence-corrected chi connectivity index (χ1v) is 4.03. The first-order valence-electron chi connectivity index (χ1n) is 4.03. The minimum absolute atomic E-state index is 0.133. The van der Waals surface area contributed by atoms with Crippen molar-refractivity contribution in [1.29, 1.82) is 0 Å². The van der Waals surface area contributed by atoms with Crippen LogP contribution in [0.2, 0.25) is 0 Å². The Balaban J connectivity index is 2.80. The fourth-order valence-electron chi connectivity index (χ4n) is 1.09. The lowest BCUT2D eigenvalue weighted by molar-refractivity contribution is 0.555. The van der Waals surface area contributed by atoms with Crippen LogP contribution in [0.25, 0.3) is 0 Å². The summed E-state index contributed by atoms with van der Waals surface area (Å²) in [4.78, 5) is 0. The van der Waals surface area contributed by atoms with Crippen molar-refractivity contribution in [3.63, 3.8) is 0 Å². The van der Waals surface area contributed by atoms with Gasteiger partial charge in [-0.25, -0.2) is 8.78 Å².